The van der Waals surface area contributed by atoms with Gasteiger partial charge in [-0.15, -0.1) is 0 Å². The van der Waals surface area contributed by atoms with Gasteiger partial charge in [0.05, 0.1) is 19.3 Å². The van der Waals surface area contributed by atoms with E-state index in [1.54, 1.807) is 14.0 Å². The molecule has 0 aromatic heterocycles. The number of methoxy groups -OCH3 is 1. The van der Waals surface area contributed by atoms with Gasteiger partial charge in [-0.2, -0.15) is 0 Å². The Morgan fingerprint density at radius 2 is 2.24 bits per heavy atom. The van der Waals surface area contributed by atoms with Crippen LogP contribution in [0.3, 0.4) is 0 Å². The molecular formula is C17H27NO3. The summed E-state index contributed by atoms with van der Waals surface area (Å²) in [5.74, 6) is 0.749. The summed E-state index contributed by atoms with van der Waals surface area (Å²) in [6.45, 7) is 6.62. The number of hydrogen-bond donors (Lipinski definition) is 1. The first-order valence-electron chi connectivity index (χ1n) is 7.88. The van der Waals surface area contributed by atoms with E-state index in [2.05, 4.69) is 17.9 Å². The van der Waals surface area contributed by atoms with Gasteiger partial charge in [0.25, 0.3) is 0 Å². The molecular weight excluding hydrogens is 266 g/mol. The van der Waals surface area contributed by atoms with Gasteiger partial charge >= 0.3 is 0 Å². The second kappa shape index (κ2) is 7.66. The largest absolute Gasteiger partial charge is 0.496 e. The Bertz CT molecular complexity index is 448. The molecule has 118 valence electrons. The molecule has 0 aliphatic carbocycles. The summed E-state index contributed by atoms with van der Waals surface area (Å²) in [5.41, 5.74) is 1.94. The van der Waals surface area contributed by atoms with Gasteiger partial charge in [0.2, 0.25) is 0 Å². The summed E-state index contributed by atoms with van der Waals surface area (Å²) in [7, 11) is 1.65. The molecule has 1 aromatic carbocycles. The lowest BCUT2D eigenvalue weighted by Crippen LogP contribution is -2.40. The Hall–Kier alpha value is -1.26. The van der Waals surface area contributed by atoms with Crippen LogP contribution in [0.2, 0.25) is 0 Å². The van der Waals surface area contributed by atoms with Crippen molar-refractivity contribution >= 4 is 5.69 Å². The maximum atomic E-state index is 10.1. The Kier molecular flexibility index (Phi) is 5.88. The molecule has 4 nitrogen and oxygen atoms in total. The van der Waals surface area contributed by atoms with Gasteiger partial charge in [-0.1, -0.05) is 13.0 Å². The van der Waals surface area contributed by atoms with E-state index in [1.165, 1.54) is 0 Å². The SMILES string of the molecule is CCCOC1CCCN(c2cccc(OC)c2[C@@H](C)O)C1. The normalized spacial score (nSPS) is 20.4. The van der Waals surface area contributed by atoms with Crippen molar-refractivity contribution in [3.05, 3.63) is 23.8 Å². The standard InChI is InChI=1S/C17H27NO3/c1-4-11-21-14-7-6-10-18(12-14)15-8-5-9-16(20-3)17(15)13(2)19/h5,8-9,13-14,19H,4,6-7,10-12H2,1-3H3/t13-,14?/m1/s1. The first kappa shape index (κ1) is 16.1. The van der Waals surface area contributed by atoms with E-state index in [0.29, 0.717) is 0 Å². The Morgan fingerprint density at radius 1 is 1.43 bits per heavy atom. The number of aliphatic hydroxyl groups is 1. The minimum absolute atomic E-state index is 0.284. The molecule has 2 atom stereocenters. The zero-order chi connectivity index (χ0) is 15.2. The van der Waals surface area contributed by atoms with Gasteiger partial charge in [0.15, 0.2) is 0 Å². The zero-order valence-electron chi connectivity index (χ0n) is 13.3. The first-order chi connectivity index (χ1) is 10.2. The predicted octanol–water partition coefficient (Wildman–Crippen LogP) is 3.14. The number of piperidine rings is 1. The fourth-order valence-corrected chi connectivity index (χ4v) is 2.98. The van der Waals surface area contributed by atoms with Gasteiger partial charge in [-0.05, 0) is 38.3 Å². The lowest BCUT2D eigenvalue weighted by Gasteiger charge is -2.36. The van der Waals surface area contributed by atoms with Crippen LogP contribution in [0.25, 0.3) is 0 Å². The highest BCUT2D eigenvalue weighted by atomic mass is 16.5. The molecule has 1 N–H and O–H groups in total. The van der Waals surface area contributed by atoms with E-state index in [9.17, 15) is 5.11 Å². The van der Waals surface area contributed by atoms with Crippen LogP contribution in [0, 0.1) is 0 Å². The van der Waals surface area contributed by atoms with Crippen molar-refractivity contribution in [1.29, 1.82) is 0 Å². The van der Waals surface area contributed by atoms with Crippen LogP contribution in [-0.4, -0.2) is 38.0 Å². The Labute approximate surface area is 127 Å². The van der Waals surface area contributed by atoms with Crippen molar-refractivity contribution in [3.63, 3.8) is 0 Å². The molecule has 0 amide bonds. The molecule has 2 rings (SSSR count). The monoisotopic (exact) mass is 293 g/mol. The lowest BCUT2D eigenvalue weighted by atomic mass is 10.0. The van der Waals surface area contributed by atoms with Crippen LogP contribution < -0.4 is 9.64 Å². The van der Waals surface area contributed by atoms with Crippen LogP contribution in [0.4, 0.5) is 5.69 Å². The van der Waals surface area contributed by atoms with Gasteiger partial charge in [0.1, 0.15) is 5.75 Å². The fraction of sp³-hybridized carbons (Fsp3) is 0.647. The second-order valence-corrected chi connectivity index (χ2v) is 5.65. The van der Waals surface area contributed by atoms with Crippen molar-refractivity contribution < 1.29 is 14.6 Å². The third-order valence-electron chi connectivity index (χ3n) is 3.96. The second-order valence-electron chi connectivity index (χ2n) is 5.65. The number of benzene rings is 1. The molecule has 1 fully saturated rings. The predicted molar refractivity (Wildman–Crippen MR) is 85.1 cm³/mol. The quantitative estimate of drug-likeness (QED) is 0.875. The molecule has 1 aliphatic heterocycles. The Balaban J connectivity index is 2.20. The van der Waals surface area contributed by atoms with Gasteiger partial charge in [-0.3, -0.25) is 0 Å². The molecule has 0 spiro atoms. The highest BCUT2D eigenvalue weighted by Gasteiger charge is 2.24. The van der Waals surface area contributed by atoms with Crippen LogP contribution in [0.5, 0.6) is 5.75 Å². The average molecular weight is 293 g/mol. The molecule has 4 heteroatoms. The van der Waals surface area contributed by atoms with Crippen LogP contribution >= 0.6 is 0 Å². The van der Waals surface area contributed by atoms with Crippen molar-refractivity contribution in [2.45, 2.75) is 45.3 Å². The van der Waals surface area contributed by atoms with Crippen LogP contribution in [-0.2, 0) is 4.74 Å². The highest BCUT2D eigenvalue weighted by molar-refractivity contribution is 5.60. The number of ether oxygens (including phenoxy) is 2. The third-order valence-corrected chi connectivity index (χ3v) is 3.96. The molecule has 1 saturated heterocycles. The van der Waals surface area contributed by atoms with Crippen molar-refractivity contribution in [1.82, 2.24) is 0 Å². The highest BCUT2D eigenvalue weighted by Crippen LogP contribution is 2.35. The summed E-state index contributed by atoms with van der Waals surface area (Å²) in [6.07, 6.45) is 3.02. The maximum Gasteiger partial charge on any atom is 0.126 e. The number of anilines is 1. The van der Waals surface area contributed by atoms with E-state index in [0.717, 1.165) is 56.0 Å². The Morgan fingerprint density at radius 3 is 2.90 bits per heavy atom. The van der Waals surface area contributed by atoms with Crippen LogP contribution in [0.1, 0.15) is 44.8 Å². The molecule has 21 heavy (non-hydrogen) atoms. The molecule has 1 aromatic rings. The number of nitrogens with zero attached hydrogens (tertiary/aromatic N) is 1. The smallest absolute Gasteiger partial charge is 0.126 e. The molecule has 0 saturated carbocycles. The summed E-state index contributed by atoms with van der Waals surface area (Å²) in [4.78, 5) is 2.31. The van der Waals surface area contributed by atoms with Crippen LogP contribution in [0.15, 0.2) is 18.2 Å². The van der Waals surface area contributed by atoms with Gasteiger partial charge < -0.3 is 19.5 Å². The summed E-state index contributed by atoms with van der Waals surface area (Å²) in [5, 5.41) is 10.1. The number of hydrogen-bond acceptors (Lipinski definition) is 4. The molecule has 0 bridgehead atoms. The average Bonchev–Trinajstić information content (AvgIpc) is 2.52. The summed E-state index contributed by atoms with van der Waals surface area (Å²) in [6, 6.07) is 5.95. The van der Waals surface area contributed by atoms with E-state index < -0.39 is 6.10 Å². The molecule has 1 unspecified atom stereocenters. The van der Waals surface area contributed by atoms with E-state index in [1.807, 2.05) is 12.1 Å². The summed E-state index contributed by atoms with van der Waals surface area (Å²) >= 11 is 0. The van der Waals surface area contributed by atoms with E-state index >= 15 is 0 Å². The summed E-state index contributed by atoms with van der Waals surface area (Å²) < 4.78 is 11.3. The van der Waals surface area contributed by atoms with Gasteiger partial charge in [-0.25, -0.2) is 0 Å². The topological polar surface area (TPSA) is 41.9 Å². The first-order valence-corrected chi connectivity index (χ1v) is 7.88. The van der Waals surface area contributed by atoms with E-state index in [4.69, 9.17) is 9.47 Å². The number of aliphatic hydroxyl groups excluding tert-OH is 1. The lowest BCUT2D eigenvalue weighted by molar-refractivity contribution is 0.0439. The van der Waals surface area contributed by atoms with Crippen molar-refractivity contribution in [2.75, 3.05) is 31.7 Å². The fourth-order valence-electron chi connectivity index (χ4n) is 2.98. The molecule has 1 aliphatic rings. The molecule has 1 heterocycles. The number of rotatable bonds is 6. The molecule has 0 radical (unpaired) electrons. The minimum atomic E-state index is -0.548. The van der Waals surface area contributed by atoms with Gasteiger partial charge in [0, 0.05) is 30.9 Å². The van der Waals surface area contributed by atoms with Crippen molar-refractivity contribution in [2.24, 2.45) is 0 Å². The zero-order valence-corrected chi connectivity index (χ0v) is 13.3. The minimum Gasteiger partial charge on any atom is -0.496 e. The third kappa shape index (κ3) is 3.89. The van der Waals surface area contributed by atoms with E-state index in [-0.39, 0.29) is 6.10 Å². The maximum absolute atomic E-state index is 10.1. The van der Waals surface area contributed by atoms with Crippen molar-refractivity contribution in [3.8, 4) is 5.75 Å².